The third-order valence-corrected chi connectivity index (χ3v) is 3.73. The lowest BCUT2D eigenvalue weighted by molar-refractivity contribution is 0.102. The highest BCUT2D eigenvalue weighted by atomic mass is 16.5. The fraction of sp³-hybridized carbons (Fsp3) is 0.150. The SMILES string of the molecule is CCOc1ccc(Nc2ncc(C(=O)Nc3ccccc3C)cn2)cc1. The van der Waals surface area contributed by atoms with Gasteiger partial charge >= 0.3 is 0 Å². The number of amides is 1. The summed E-state index contributed by atoms with van der Waals surface area (Å²) >= 11 is 0. The monoisotopic (exact) mass is 348 g/mol. The number of aryl methyl sites for hydroxylation is 1. The molecular weight excluding hydrogens is 328 g/mol. The molecule has 0 bridgehead atoms. The van der Waals surface area contributed by atoms with Crippen LogP contribution in [0.4, 0.5) is 17.3 Å². The van der Waals surface area contributed by atoms with Gasteiger partial charge in [-0.3, -0.25) is 4.79 Å². The number of carbonyl (C=O) groups is 1. The van der Waals surface area contributed by atoms with Crippen molar-refractivity contribution in [3.05, 3.63) is 72.1 Å². The zero-order valence-electron chi connectivity index (χ0n) is 14.7. The van der Waals surface area contributed by atoms with Crippen LogP contribution in [0.1, 0.15) is 22.8 Å². The molecule has 1 amide bonds. The first kappa shape index (κ1) is 17.4. The maximum atomic E-state index is 12.3. The zero-order valence-corrected chi connectivity index (χ0v) is 14.7. The molecule has 0 atom stereocenters. The average Bonchev–Trinajstić information content (AvgIpc) is 2.66. The van der Waals surface area contributed by atoms with Crippen molar-refractivity contribution in [1.29, 1.82) is 0 Å². The molecule has 3 rings (SSSR count). The average molecular weight is 348 g/mol. The first-order valence-corrected chi connectivity index (χ1v) is 8.34. The fourth-order valence-corrected chi connectivity index (χ4v) is 2.35. The number of hydrogen-bond acceptors (Lipinski definition) is 5. The van der Waals surface area contributed by atoms with Gasteiger partial charge < -0.3 is 15.4 Å². The molecule has 0 saturated heterocycles. The number of nitrogens with one attached hydrogen (secondary N) is 2. The van der Waals surface area contributed by atoms with E-state index in [1.165, 1.54) is 12.4 Å². The largest absolute Gasteiger partial charge is 0.494 e. The Hall–Kier alpha value is -3.41. The molecule has 6 nitrogen and oxygen atoms in total. The predicted molar refractivity (Wildman–Crippen MR) is 102 cm³/mol. The van der Waals surface area contributed by atoms with Gasteiger partial charge in [0.05, 0.1) is 12.2 Å². The highest BCUT2D eigenvalue weighted by Crippen LogP contribution is 2.18. The molecule has 2 N–H and O–H groups in total. The van der Waals surface area contributed by atoms with Crippen molar-refractivity contribution in [2.45, 2.75) is 13.8 Å². The van der Waals surface area contributed by atoms with Crippen LogP contribution in [0.3, 0.4) is 0 Å². The molecule has 3 aromatic rings. The number of rotatable bonds is 6. The molecule has 0 aliphatic carbocycles. The van der Waals surface area contributed by atoms with Crippen molar-refractivity contribution in [2.24, 2.45) is 0 Å². The number of ether oxygens (including phenoxy) is 1. The van der Waals surface area contributed by atoms with Gasteiger partial charge in [0, 0.05) is 23.8 Å². The Morgan fingerprint density at radius 1 is 1.04 bits per heavy atom. The highest BCUT2D eigenvalue weighted by Gasteiger charge is 2.09. The van der Waals surface area contributed by atoms with Gasteiger partial charge in [-0.15, -0.1) is 0 Å². The highest BCUT2D eigenvalue weighted by molar-refractivity contribution is 6.04. The van der Waals surface area contributed by atoms with E-state index >= 15 is 0 Å². The van der Waals surface area contributed by atoms with Gasteiger partial charge in [-0.1, -0.05) is 18.2 Å². The van der Waals surface area contributed by atoms with Crippen molar-refractivity contribution in [2.75, 3.05) is 17.2 Å². The summed E-state index contributed by atoms with van der Waals surface area (Å²) in [4.78, 5) is 20.7. The molecular formula is C20H20N4O2. The molecule has 1 heterocycles. The van der Waals surface area contributed by atoms with Crippen molar-refractivity contribution in [3.63, 3.8) is 0 Å². The van der Waals surface area contributed by atoms with E-state index in [4.69, 9.17) is 4.74 Å². The Balaban J connectivity index is 1.64. The lowest BCUT2D eigenvalue weighted by Gasteiger charge is -2.09. The molecule has 2 aromatic carbocycles. The minimum Gasteiger partial charge on any atom is -0.494 e. The van der Waals surface area contributed by atoms with Crippen LogP contribution in [0.2, 0.25) is 0 Å². The summed E-state index contributed by atoms with van der Waals surface area (Å²) in [6.45, 7) is 4.51. The van der Waals surface area contributed by atoms with Crippen LogP contribution >= 0.6 is 0 Å². The molecule has 0 saturated carbocycles. The fourth-order valence-electron chi connectivity index (χ4n) is 2.35. The summed E-state index contributed by atoms with van der Waals surface area (Å²) in [6, 6.07) is 15.1. The summed E-state index contributed by atoms with van der Waals surface area (Å²) in [5.41, 5.74) is 3.00. The molecule has 0 radical (unpaired) electrons. The summed E-state index contributed by atoms with van der Waals surface area (Å²) in [7, 11) is 0. The van der Waals surface area contributed by atoms with E-state index in [2.05, 4.69) is 20.6 Å². The van der Waals surface area contributed by atoms with Crippen molar-refractivity contribution in [1.82, 2.24) is 9.97 Å². The molecule has 0 unspecified atom stereocenters. The van der Waals surface area contributed by atoms with E-state index in [1.807, 2.05) is 62.4 Å². The van der Waals surface area contributed by atoms with Gasteiger partial charge in [0.25, 0.3) is 5.91 Å². The number of carbonyl (C=O) groups excluding carboxylic acids is 1. The van der Waals surface area contributed by atoms with Gasteiger partial charge in [-0.05, 0) is 49.7 Å². The quantitative estimate of drug-likeness (QED) is 0.699. The Morgan fingerprint density at radius 3 is 2.38 bits per heavy atom. The van der Waals surface area contributed by atoms with Crippen molar-refractivity contribution in [3.8, 4) is 5.75 Å². The van der Waals surface area contributed by atoms with Crippen LogP contribution in [0.15, 0.2) is 60.9 Å². The Labute approximate surface area is 152 Å². The predicted octanol–water partition coefficient (Wildman–Crippen LogP) is 4.18. The topological polar surface area (TPSA) is 76.1 Å². The first-order chi connectivity index (χ1) is 12.7. The minimum absolute atomic E-state index is 0.244. The van der Waals surface area contributed by atoms with Gasteiger partial charge in [-0.2, -0.15) is 0 Å². The normalized spacial score (nSPS) is 10.2. The zero-order chi connectivity index (χ0) is 18.4. The van der Waals surface area contributed by atoms with Crippen LogP contribution in [0.25, 0.3) is 0 Å². The molecule has 26 heavy (non-hydrogen) atoms. The molecule has 0 aliphatic rings. The van der Waals surface area contributed by atoms with E-state index in [9.17, 15) is 4.79 Å². The van der Waals surface area contributed by atoms with Crippen molar-refractivity contribution < 1.29 is 9.53 Å². The molecule has 6 heteroatoms. The molecule has 0 spiro atoms. The maximum Gasteiger partial charge on any atom is 0.258 e. The number of benzene rings is 2. The van der Waals surface area contributed by atoms with Crippen molar-refractivity contribution >= 4 is 23.2 Å². The molecule has 132 valence electrons. The van der Waals surface area contributed by atoms with Gasteiger partial charge in [0.15, 0.2) is 0 Å². The number of anilines is 3. The lowest BCUT2D eigenvalue weighted by Crippen LogP contribution is -2.13. The third kappa shape index (κ3) is 4.36. The summed E-state index contributed by atoms with van der Waals surface area (Å²) in [5.74, 6) is 0.982. The Bertz CT molecular complexity index is 877. The maximum absolute atomic E-state index is 12.3. The second-order valence-electron chi connectivity index (χ2n) is 5.65. The lowest BCUT2D eigenvalue weighted by atomic mass is 10.2. The van der Waals surface area contributed by atoms with Crippen LogP contribution in [-0.4, -0.2) is 22.5 Å². The summed E-state index contributed by atoms with van der Waals surface area (Å²) < 4.78 is 5.41. The van der Waals surface area contributed by atoms with E-state index in [0.717, 1.165) is 22.7 Å². The van der Waals surface area contributed by atoms with Gasteiger partial charge in [0.1, 0.15) is 5.75 Å². The number of aromatic nitrogens is 2. The standard InChI is InChI=1S/C20H20N4O2/c1-3-26-17-10-8-16(9-11-17)23-20-21-12-15(13-22-20)19(25)24-18-7-5-4-6-14(18)2/h4-13H,3H2,1-2H3,(H,24,25)(H,21,22,23). The number of para-hydroxylation sites is 1. The van der Waals surface area contributed by atoms with Crippen LogP contribution in [0, 0.1) is 6.92 Å². The van der Waals surface area contributed by atoms with E-state index < -0.39 is 0 Å². The minimum atomic E-state index is -0.244. The van der Waals surface area contributed by atoms with E-state index in [-0.39, 0.29) is 5.91 Å². The summed E-state index contributed by atoms with van der Waals surface area (Å²) in [5, 5.41) is 5.95. The number of nitrogens with zero attached hydrogens (tertiary/aromatic N) is 2. The molecule has 1 aromatic heterocycles. The van der Waals surface area contributed by atoms with Crippen LogP contribution in [0.5, 0.6) is 5.75 Å². The van der Waals surface area contributed by atoms with Crippen LogP contribution < -0.4 is 15.4 Å². The Kier molecular flexibility index (Phi) is 5.43. The van der Waals surface area contributed by atoms with Crippen LogP contribution in [-0.2, 0) is 0 Å². The second kappa shape index (κ2) is 8.11. The Morgan fingerprint density at radius 2 is 1.73 bits per heavy atom. The summed E-state index contributed by atoms with van der Waals surface area (Å²) in [6.07, 6.45) is 3.00. The van der Waals surface area contributed by atoms with E-state index in [0.29, 0.717) is 18.1 Å². The molecule has 0 fully saturated rings. The molecule has 0 aliphatic heterocycles. The first-order valence-electron chi connectivity index (χ1n) is 8.34. The number of hydrogen-bond donors (Lipinski definition) is 2. The van der Waals surface area contributed by atoms with E-state index in [1.54, 1.807) is 0 Å². The van der Waals surface area contributed by atoms with Gasteiger partial charge in [-0.25, -0.2) is 9.97 Å². The third-order valence-electron chi connectivity index (χ3n) is 3.73. The smallest absolute Gasteiger partial charge is 0.258 e. The second-order valence-corrected chi connectivity index (χ2v) is 5.65. The van der Waals surface area contributed by atoms with Gasteiger partial charge in [0.2, 0.25) is 5.95 Å².